The van der Waals surface area contributed by atoms with Gasteiger partial charge in [-0.1, -0.05) is 152 Å². The highest BCUT2D eigenvalue weighted by molar-refractivity contribution is 6.79. The first-order chi connectivity index (χ1) is 24.2. The van der Waals surface area contributed by atoms with Gasteiger partial charge in [0, 0.05) is 0 Å². The summed E-state index contributed by atoms with van der Waals surface area (Å²) in [6.45, 7) is 11.3. The van der Waals surface area contributed by atoms with Crippen LogP contribution in [0.4, 0.5) is 5.69 Å². The summed E-state index contributed by atoms with van der Waals surface area (Å²) in [6, 6.07) is 26.2. The minimum atomic E-state index is -0.927. The monoisotopic (exact) mass is 701 g/mol. The number of nitrogens with zero attached hydrogens (tertiary/aromatic N) is 1. The highest BCUT2D eigenvalue weighted by atomic mass is 28.3. The Kier molecular flexibility index (Phi) is 18.3. The van der Waals surface area contributed by atoms with E-state index in [1.807, 2.05) is 19.1 Å². The summed E-state index contributed by atoms with van der Waals surface area (Å²) in [4.78, 5) is 24.1. The zero-order valence-electron chi connectivity index (χ0n) is 31.6. The van der Waals surface area contributed by atoms with Crippen LogP contribution in [0.25, 0.3) is 11.1 Å². The van der Waals surface area contributed by atoms with Crippen molar-refractivity contribution in [2.45, 2.75) is 155 Å². The van der Waals surface area contributed by atoms with Crippen LogP contribution in [0.3, 0.4) is 0 Å². The molecular formula is C43H63NO5Si. The molecule has 0 bridgehead atoms. The number of hydrogen-bond donors (Lipinski definition) is 0. The second-order valence-electron chi connectivity index (χ2n) is 14.2. The number of nitro benzene ring substituents is 1. The first-order valence-corrected chi connectivity index (χ1v) is 22.4. The van der Waals surface area contributed by atoms with Crippen LogP contribution in [0.1, 0.15) is 134 Å². The van der Waals surface area contributed by atoms with E-state index in [1.54, 1.807) is 18.2 Å². The Morgan fingerprint density at radius 2 is 1.28 bits per heavy atom. The number of carbonyl (C=O) groups is 1. The third-order valence-corrected chi connectivity index (χ3v) is 16.6. The van der Waals surface area contributed by atoms with Crippen LogP contribution in [0.15, 0.2) is 66.7 Å². The van der Waals surface area contributed by atoms with Crippen LogP contribution in [-0.4, -0.2) is 25.1 Å². The van der Waals surface area contributed by atoms with Crippen LogP contribution in [0.2, 0.25) is 24.2 Å². The summed E-state index contributed by atoms with van der Waals surface area (Å²) >= 11 is 0. The fourth-order valence-corrected chi connectivity index (χ4v) is 10.5. The molecular weight excluding hydrogens is 639 g/mol. The summed E-state index contributed by atoms with van der Waals surface area (Å²) in [5.41, 5.74) is 3.63. The normalized spacial score (nSPS) is 12.1. The Bertz CT molecular complexity index is 1410. The molecule has 0 aliphatic carbocycles. The molecule has 50 heavy (non-hydrogen) atoms. The quantitative estimate of drug-likeness (QED) is 0.0219. The molecule has 3 aromatic carbocycles. The van der Waals surface area contributed by atoms with Gasteiger partial charge < -0.3 is 9.47 Å². The van der Waals surface area contributed by atoms with E-state index in [0.717, 1.165) is 43.2 Å². The molecule has 0 unspecified atom stereocenters. The van der Waals surface area contributed by atoms with Gasteiger partial charge >= 0.3 is 11.7 Å². The van der Waals surface area contributed by atoms with Crippen molar-refractivity contribution < 1.29 is 19.2 Å². The van der Waals surface area contributed by atoms with Crippen molar-refractivity contribution in [2.75, 3.05) is 0 Å². The molecule has 0 heterocycles. The van der Waals surface area contributed by atoms with Crippen molar-refractivity contribution in [3.8, 4) is 22.6 Å². The van der Waals surface area contributed by atoms with Gasteiger partial charge in [-0.15, -0.1) is 0 Å². The number of aryl methyl sites for hydroxylation is 1. The van der Waals surface area contributed by atoms with Crippen LogP contribution in [0, 0.1) is 10.1 Å². The third kappa shape index (κ3) is 13.7. The van der Waals surface area contributed by atoms with Crippen molar-refractivity contribution in [1.29, 1.82) is 0 Å². The molecule has 0 aromatic heterocycles. The van der Waals surface area contributed by atoms with Gasteiger partial charge in [0.05, 0.1) is 30.7 Å². The van der Waals surface area contributed by atoms with Crippen molar-refractivity contribution in [3.63, 3.8) is 0 Å². The zero-order chi connectivity index (χ0) is 36.2. The number of carbonyl (C=O) groups excluding carboxylic acids is 1. The number of esters is 1. The van der Waals surface area contributed by atoms with Crippen molar-refractivity contribution in [2.24, 2.45) is 0 Å². The molecule has 6 nitrogen and oxygen atoms in total. The summed E-state index contributed by atoms with van der Waals surface area (Å²) in [5.74, 6) is -0.274. The number of unbranched alkanes of at least 4 members (excludes halogenated alkanes) is 10. The number of rotatable bonds is 25. The van der Waals surface area contributed by atoms with E-state index < -0.39 is 19.0 Å². The lowest BCUT2D eigenvalue weighted by Crippen LogP contribution is -2.30. The molecule has 1 atom stereocenters. The van der Waals surface area contributed by atoms with E-state index in [2.05, 4.69) is 52.0 Å². The van der Waals surface area contributed by atoms with Crippen LogP contribution in [-0.2, 0) is 6.42 Å². The Labute approximate surface area is 303 Å². The van der Waals surface area contributed by atoms with Gasteiger partial charge in [-0.25, -0.2) is 4.79 Å². The molecule has 274 valence electrons. The lowest BCUT2D eigenvalue weighted by Gasteiger charge is -2.28. The third-order valence-electron chi connectivity index (χ3n) is 10.7. The van der Waals surface area contributed by atoms with Gasteiger partial charge in [0.1, 0.15) is 5.75 Å². The minimum Gasteiger partial charge on any atom is -0.484 e. The van der Waals surface area contributed by atoms with E-state index in [4.69, 9.17) is 9.47 Å². The number of benzene rings is 3. The first-order valence-electron chi connectivity index (χ1n) is 19.6. The molecule has 0 N–H and O–H groups in total. The molecule has 3 aromatic rings. The predicted octanol–water partition coefficient (Wildman–Crippen LogP) is 13.4. The number of nitro groups is 1. The van der Waals surface area contributed by atoms with Gasteiger partial charge in [0.15, 0.2) is 5.75 Å². The highest BCUT2D eigenvalue weighted by Crippen LogP contribution is 2.33. The maximum absolute atomic E-state index is 12.9. The summed E-state index contributed by atoms with van der Waals surface area (Å²) in [7, 11) is -0.927. The zero-order valence-corrected chi connectivity index (χ0v) is 32.6. The van der Waals surface area contributed by atoms with E-state index >= 15 is 0 Å². The Morgan fingerprint density at radius 1 is 0.720 bits per heavy atom. The average Bonchev–Trinajstić information content (AvgIpc) is 3.13. The van der Waals surface area contributed by atoms with Gasteiger partial charge in [-0.2, -0.15) is 0 Å². The van der Waals surface area contributed by atoms with Crippen LogP contribution in [0.5, 0.6) is 11.5 Å². The van der Waals surface area contributed by atoms with Gasteiger partial charge in [-0.3, -0.25) is 10.1 Å². The summed E-state index contributed by atoms with van der Waals surface area (Å²) < 4.78 is 11.4. The lowest BCUT2D eigenvalue weighted by molar-refractivity contribution is -0.386. The Hall–Kier alpha value is -3.45. The average molecular weight is 702 g/mol. The Morgan fingerprint density at radius 3 is 1.86 bits per heavy atom. The smallest absolute Gasteiger partial charge is 0.343 e. The maximum Gasteiger partial charge on any atom is 0.343 e. The molecule has 0 spiro atoms. The number of hydrogen-bond acceptors (Lipinski definition) is 5. The van der Waals surface area contributed by atoms with Gasteiger partial charge in [0.2, 0.25) is 0 Å². The molecule has 0 radical (unpaired) electrons. The highest BCUT2D eigenvalue weighted by Gasteiger charge is 2.25. The van der Waals surface area contributed by atoms with Crippen molar-refractivity contribution in [1.82, 2.24) is 0 Å². The second kappa shape index (κ2) is 22.4. The molecule has 0 amide bonds. The minimum absolute atomic E-state index is 0.110. The summed E-state index contributed by atoms with van der Waals surface area (Å²) in [6.07, 6.45) is 17.1. The second-order valence-corrected chi connectivity index (χ2v) is 19.8. The summed E-state index contributed by atoms with van der Waals surface area (Å²) in [5, 5.41) is 11.8. The largest absolute Gasteiger partial charge is 0.484 e. The molecule has 0 saturated heterocycles. The van der Waals surface area contributed by atoms with E-state index in [-0.39, 0.29) is 23.3 Å². The molecule has 0 aliphatic rings. The fraction of sp³-hybridized carbons (Fsp3) is 0.558. The first kappa shape index (κ1) is 41.0. The van der Waals surface area contributed by atoms with E-state index in [1.165, 1.54) is 99.7 Å². The van der Waals surface area contributed by atoms with Crippen molar-refractivity contribution >= 4 is 19.7 Å². The fourth-order valence-electron chi connectivity index (χ4n) is 6.94. The van der Waals surface area contributed by atoms with Gasteiger partial charge in [-0.05, 0) is 73.6 Å². The molecule has 7 heteroatoms. The molecule has 0 aliphatic heterocycles. The van der Waals surface area contributed by atoms with Crippen molar-refractivity contribution in [3.05, 3.63) is 88.0 Å². The Balaban J connectivity index is 1.40. The molecule has 0 fully saturated rings. The number of ether oxygens (including phenoxy) is 2. The van der Waals surface area contributed by atoms with E-state index in [0.29, 0.717) is 5.56 Å². The van der Waals surface area contributed by atoms with Crippen LogP contribution >= 0.6 is 0 Å². The lowest BCUT2D eigenvalue weighted by atomic mass is 10.00. The topological polar surface area (TPSA) is 78.7 Å². The SMILES string of the molecule is CCCCCC[C@H](C)Oc1ccc(OC(=O)c2ccc(-c3ccc(CCCCCCCCCC[Si](CC)(CC)CC)cc3)cc2)cc1[N+](=O)[O-]. The van der Waals surface area contributed by atoms with E-state index in [9.17, 15) is 14.9 Å². The maximum atomic E-state index is 12.9. The van der Waals surface area contributed by atoms with Crippen LogP contribution < -0.4 is 9.47 Å². The standard InChI is InChI=1S/C43H63NO5Si/c1-6-10-11-18-21-35(5)48-42-32-31-40(34-41(42)44(46)47)49-43(45)39-29-27-38(28-30-39)37-25-23-36(24-26-37)22-19-16-14-12-13-15-17-20-33-50(7-2,8-3)9-4/h23-32,34-35H,6-22,33H2,1-5H3/t35-/m0/s1. The predicted molar refractivity (Wildman–Crippen MR) is 211 cm³/mol. The van der Waals surface area contributed by atoms with Gasteiger partial charge in [0.25, 0.3) is 0 Å². The molecule has 3 rings (SSSR count). The molecule has 0 saturated carbocycles.